The van der Waals surface area contributed by atoms with Crippen LogP contribution in [0.3, 0.4) is 0 Å². The van der Waals surface area contributed by atoms with Crippen molar-refractivity contribution in [2.45, 2.75) is 32.7 Å². The summed E-state index contributed by atoms with van der Waals surface area (Å²) in [7, 11) is 0. The monoisotopic (exact) mass is 347 g/mol. The number of furan rings is 1. The van der Waals surface area contributed by atoms with Gasteiger partial charge in [0.05, 0.1) is 12.0 Å². The van der Waals surface area contributed by atoms with Gasteiger partial charge in [-0.25, -0.2) is 9.98 Å². The van der Waals surface area contributed by atoms with E-state index in [1.165, 1.54) is 18.0 Å². The Kier molecular flexibility index (Phi) is 6.12. The van der Waals surface area contributed by atoms with E-state index in [0.29, 0.717) is 6.54 Å². The normalized spacial score (nSPS) is 15.0. The second-order valence-corrected chi connectivity index (χ2v) is 6.60. The summed E-state index contributed by atoms with van der Waals surface area (Å²) in [4.78, 5) is 11.7. The molecule has 1 saturated heterocycles. The summed E-state index contributed by atoms with van der Waals surface area (Å²) in [5, 5.41) is 9.95. The molecule has 3 heterocycles. The molecule has 7 heteroatoms. The molecule has 1 fully saturated rings. The van der Waals surface area contributed by atoms with Gasteiger partial charge in [-0.2, -0.15) is 0 Å². The number of hydrogen-bond donors (Lipinski definition) is 2. The van der Waals surface area contributed by atoms with Gasteiger partial charge >= 0.3 is 0 Å². The highest BCUT2D eigenvalue weighted by Crippen LogP contribution is 2.24. The Morgan fingerprint density at radius 2 is 2.25 bits per heavy atom. The van der Waals surface area contributed by atoms with E-state index in [0.717, 1.165) is 50.0 Å². The standard InChI is InChI=1S/C17H25N5OS/c1-2-18-16(20-12-15-6-5-11-23-15)19-8-7-14-13-24-17(21-14)22-9-3-4-10-22/h5-6,11,13H,2-4,7-10,12H2,1H3,(H2,18,19,20). The van der Waals surface area contributed by atoms with Gasteiger partial charge in [-0.1, -0.05) is 0 Å². The van der Waals surface area contributed by atoms with E-state index >= 15 is 0 Å². The maximum atomic E-state index is 5.31. The first-order valence-electron chi connectivity index (χ1n) is 8.59. The molecule has 0 spiro atoms. The first-order chi connectivity index (χ1) is 11.8. The second-order valence-electron chi connectivity index (χ2n) is 5.77. The van der Waals surface area contributed by atoms with Crippen LogP contribution in [0.15, 0.2) is 33.2 Å². The summed E-state index contributed by atoms with van der Waals surface area (Å²) < 4.78 is 5.31. The van der Waals surface area contributed by atoms with Gasteiger partial charge in [-0.15, -0.1) is 11.3 Å². The Morgan fingerprint density at radius 1 is 1.38 bits per heavy atom. The second kappa shape index (κ2) is 8.73. The molecule has 24 heavy (non-hydrogen) atoms. The average Bonchev–Trinajstić information content (AvgIpc) is 3.33. The van der Waals surface area contributed by atoms with Crippen molar-refractivity contribution in [1.29, 1.82) is 0 Å². The van der Waals surface area contributed by atoms with Crippen molar-refractivity contribution < 1.29 is 4.42 Å². The van der Waals surface area contributed by atoms with E-state index in [-0.39, 0.29) is 0 Å². The molecule has 1 aliphatic heterocycles. The maximum Gasteiger partial charge on any atom is 0.191 e. The Labute approximate surface area is 147 Å². The molecule has 0 atom stereocenters. The lowest BCUT2D eigenvalue weighted by atomic mass is 10.3. The van der Waals surface area contributed by atoms with E-state index in [9.17, 15) is 0 Å². The highest BCUT2D eigenvalue weighted by molar-refractivity contribution is 7.13. The minimum Gasteiger partial charge on any atom is -0.467 e. The summed E-state index contributed by atoms with van der Waals surface area (Å²) in [6.07, 6.45) is 5.14. The predicted octanol–water partition coefficient (Wildman–Crippen LogP) is 2.63. The lowest BCUT2D eigenvalue weighted by molar-refractivity contribution is 0.512. The van der Waals surface area contributed by atoms with Crippen molar-refractivity contribution in [1.82, 2.24) is 15.6 Å². The minimum absolute atomic E-state index is 0.540. The molecule has 2 aromatic heterocycles. The Bertz CT molecular complexity index is 631. The van der Waals surface area contributed by atoms with Crippen LogP contribution < -0.4 is 15.5 Å². The zero-order valence-electron chi connectivity index (χ0n) is 14.1. The van der Waals surface area contributed by atoms with Crippen LogP contribution in [0.1, 0.15) is 31.2 Å². The summed E-state index contributed by atoms with van der Waals surface area (Å²) in [6, 6.07) is 3.81. The molecule has 6 nitrogen and oxygen atoms in total. The van der Waals surface area contributed by atoms with Gasteiger partial charge in [0.25, 0.3) is 0 Å². The fourth-order valence-corrected chi connectivity index (χ4v) is 3.59. The molecule has 130 valence electrons. The van der Waals surface area contributed by atoms with E-state index in [2.05, 4.69) is 32.8 Å². The average molecular weight is 347 g/mol. The van der Waals surface area contributed by atoms with E-state index in [1.807, 2.05) is 12.1 Å². The summed E-state index contributed by atoms with van der Waals surface area (Å²) in [6.45, 7) is 6.54. The Hall–Kier alpha value is -2.02. The highest BCUT2D eigenvalue weighted by Gasteiger charge is 2.15. The fraction of sp³-hybridized carbons (Fsp3) is 0.529. The van der Waals surface area contributed by atoms with Crippen LogP contribution in [-0.2, 0) is 13.0 Å². The van der Waals surface area contributed by atoms with Gasteiger partial charge in [0.2, 0.25) is 0 Å². The zero-order valence-corrected chi connectivity index (χ0v) is 14.9. The highest BCUT2D eigenvalue weighted by atomic mass is 32.1. The first-order valence-corrected chi connectivity index (χ1v) is 9.47. The van der Waals surface area contributed by atoms with Crippen molar-refractivity contribution in [2.75, 3.05) is 31.1 Å². The Balaban J connectivity index is 1.47. The fourth-order valence-electron chi connectivity index (χ4n) is 2.68. The van der Waals surface area contributed by atoms with Gasteiger partial charge in [-0.3, -0.25) is 0 Å². The van der Waals surface area contributed by atoms with Crippen molar-refractivity contribution in [2.24, 2.45) is 4.99 Å². The van der Waals surface area contributed by atoms with Crippen LogP contribution in [0.25, 0.3) is 0 Å². The van der Waals surface area contributed by atoms with E-state index in [1.54, 1.807) is 17.6 Å². The molecule has 0 radical (unpaired) electrons. The van der Waals surface area contributed by atoms with Crippen molar-refractivity contribution in [3.05, 3.63) is 35.2 Å². The number of guanidine groups is 1. The zero-order chi connectivity index (χ0) is 16.6. The summed E-state index contributed by atoms with van der Waals surface area (Å²) >= 11 is 1.75. The topological polar surface area (TPSA) is 65.7 Å². The molecule has 1 aliphatic rings. The number of hydrogen-bond acceptors (Lipinski definition) is 5. The number of thiazole rings is 1. The van der Waals surface area contributed by atoms with Gasteiger partial charge < -0.3 is 20.0 Å². The predicted molar refractivity (Wildman–Crippen MR) is 98.8 cm³/mol. The summed E-state index contributed by atoms with van der Waals surface area (Å²) in [5.74, 6) is 1.67. The third-order valence-corrected chi connectivity index (χ3v) is 4.86. The molecule has 0 unspecified atom stereocenters. The molecule has 2 aromatic rings. The Morgan fingerprint density at radius 3 is 3.00 bits per heavy atom. The lowest BCUT2D eigenvalue weighted by Gasteiger charge is -2.12. The number of nitrogens with zero attached hydrogens (tertiary/aromatic N) is 3. The van der Waals surface area contributed by atoms with Crippen molar-refractivity contribution in [3.8, 4) is 0 Å². The van der Waals surface area contributed by atoms with Gasteiger partial charge in [0.1, 0.15) is 12.3 Å². The molecule has 3 rings (SSSR count). The quantitative estimate of drug-likeness (QED) is 0.595. The van der Waals surface area contributed by atoms with Crippen LogP contribution in [0.4, 0.5) is 5.13 Å². The van der Waals surface area contributed by atoms with E-state index in [4.69, 9.17) is 9.40 Å². The SMILES string of the molecule is CCNC(=NCc1ccco1)NCCc1csc(N2CCCC2)n1. The van der Waals surface area contributed by atoms with E-state index < -0.39 is 0 Å². The first kappa shape index (κ1) is 16.8. The molecule has 0 aromatic carbocycles. The number of aromatic nitrogens is 1. The third kappa shape index (κ3) is 4.74. The van der Waals surface area contributed by atoms with Crippen LogP contribution in [0.2, 0.25) is 0 Å². The van der Waals surface area contributed by atoms with Crippen molar-refractivity contribution >= 4 is 22.4 Å². The summed E-state index contributed by atoms with van der Waals surface area (Å²) in [5.41, 5.74) is 1.15. The number of aliphatic imine (C=N–C) groups is 1. The molecule has 0 saturated carbocycles. The molecule has 2 N–H and O–H groups in total. The van der Waals surface area contributed by atoms with Gasteiger partial charge in [0, 0.05) is 38.0 Å². The molecule has 0 aliphatic carbocycles. The number of rotatable bonds is 7. The smallest absolute Gasteiger partial charge is 0.191 e. The van der Waals surface area contributed by atoms with Gasteiger partial charge in [-0.05, 0) is 31.9 Å². The van der Waals surface area contributed by atoms with Crippen LogP contribution in [0, 0.1) is 0 Å². The molecule has 0 amide bonds. The lowest BCUT2D eigenvalue weighted by Crippen LogP contribution is -2.38. The largest absolute Gasteiger partial charge is 0.467 e. The maximum absolute atomic E-state index is 5.31. The van der Waals surface area contributed by atoms with Crippen LogP contribution in [0.5, 0.6) is 0 Å². The number of nitrogens with one attached hydrogen (secondary N) is 2. The number of anilines is 1. The van der Waals surface area contributed by atoms with Crippen LogP contribution >= 0.6 is 11.3 Å². The van der Waals surface area contributed by atoms with Crippen LogP contribution in [-0.4, -0.2) is 37.1 Å². The van der Waals surface area contributed by atoms with Crippen molar-refractivity contribution in [3.63, 3.8) is 0 Å². The van der Waals surface area contributed by atoms with Gasteiger partial charge in [0.15, 0.2) is 11.1 Å². The molecular weight excluding hydrogens is 322 g/mol. The third-order valence-electron chi connectivity index (χ3n) is 3.91. The minimum atomic E-state index is 0.540. The molecule has 0 bridgehead atoms. The molecular formula is C17H25N5OS.